The molecule has 1 N–H and O–H groups in total. The summed E-state index contributed by atoms with van der Waals surface area (Å²) in [4.78, 5) is 13.4. The van der Waals surface area contributed by atoms with Crippen molar-refractivity contribution < 1.29 is 9.18 Å². The maximum absolute atomic E-state index is 13.5. The fraction of sp³-hybridized carbons (Fsp3) is 0.417. The van der Waals surface area contributed by atoms with Crippen LogP contribution in [0.15, 0.2) is 24.3 Å². The lowest BCUT2D eigenvalue weighted by atomic mass is 10.2. The second kappa shape index (κ2) is 4.61. The number of para-hydroxylation sites is 1. The fourth-order valence-electron chi connectivity index (χ4n) is 1.97. The normalized spacial score (nSPS) is 19.8. The molecule has 1 amide bonds. The van der Waals surface area contributed by atoms with Crippen LogP contribution in [0.4, 0.5) is 10.1 Å². The first kappa shape index (κ1) is 11.1. The minimum atomic E-state index is -0.364. The fourth-order valence-corrected chi connectivity index (χ4v) is 1.97. The Morgan fingerprint density at radius 1 is 1.50 bits per heavy atom. The summed E-state index contributed by atoms with van der Waals surface area (Å²) in [5.74, 6) is -0.432. The Labute approximate surface area is 94.3 Å². The molecule has 1 atom stereocenters. The van der Waals surface area contributed by atoms with Crippen LogP contribution in [0.1, 0.15) is 12.8 Å². The van der Waals surface area contributed by atoms with Crippen molar-refractivity contribution >= 4 is 11.6 Å². The summed E-state index contributed by atoms with van der Waals surface area (Å²) in [5.41, 5.74) is 0.334. The maximum Gasteiger partial charge on any atom is 0.243 e. The summed E-state index contributed by atoms with van der Waals surface area (Å²) in [6, 6.07) is 6.16. The number of halogens is 1. The molecule has 2 rings (SSSR count). The van der Waals surface area contributed by atoms with Crippen molar-refractivity contribution in [2.75, 3.05) is 18.5 Å². The van der Waals surface area contributed by atoms with Crippen LogP contribution in [0.2, 0.25) is 0 Å². The number of benzene rings is 1. The van der Waals surface area contributed by atoms with Gasteiger partial charge in [0.05, 0.1) is 11.7 Å². The number of hydrogen-bond donors (Lipinski definition) is 1. The van der Waals surface area contributed by atoms with Gasteiger partial charge in [0.25, 0.3) is 0 Å². The van der Waals surface area contributed by atoms with Gasteiger partial charge in [-0.25, -0.2) is 4.39 Å². The third-order valence-corrected chi connectivity index (χ3v) is 2.90. The minimum absolute atomic E-state index is 0.0670. The molecule has 0 aliphatic carbocycles. The van der Waals surface area contributed by atoms with E-state index in [4.69, 9.17) is 0 Å². The molecule has 0 spiro atoms. The predicted molar refractivity (Wildman–Crippen MR) is 60.8 cm³/mol. The molecule has 86 valence electrons. The van der Waals surface area contributed by atoms with E-state index in [1.165, 1.54) is 11.0 Å². The van der Waals surface area contributed by atoms with Gasteiger partial charge in [0.1, 0.15) is 5.82 Å². The molecular formula is C12H15FN2O. The smallest absolute Gasteiger partial charge is 0.243 e. The van der Waals surface area contributed by atoms with E-state index in [-0.39, 0.29) is 17.8 Å². The van der Waals surface area contributed by atoms with Crippen LogP contribution in [-0.2, 0) is 4.79 Å². The van der Waals surface area contributed by atoms with E-state index in [0.29, 0.717) is 5.69 Å². The molecule has 1 aliphatic heterocycles. The Balaban J connectivity index is 2.15. The Morgan fingerprint density at radius 3 is 2.88 bits per heavy atom. The summed E-state index contributed by atoms with van der Waals surface area (Å²) in [6.45, 7) is 0.863. The number of anilines is 1. The number of amides is 1. The van der Waals surface area contributed by atoms with Crippen molar-refractivity contribution in [3.05, 3.63) is 30.1 Å². The summed E-state index contributed by atoms with van der Waals surface area (Å²) in [7, 11) is 1.61. The van der Waals surface area contributed by atoms with E-state index in [1.54, 1.807) is 25.2 Å². The van der Waals surface area contributed by atoms with Crippen LogP contribution >= 0.6 is 0 Å². The second-order valence-electron chi connectivity index (χ2n) is 4.00. The molecule has 1 fully saturated rings. The van der Waals surface area contributed by atoms with Crippen LogP contribution in [0, 0.1) is 5.82 Å². The van der Waals surface area contributed by atoms with E-state index in [0.717, 1.165) is 19.4 Å². The first-order valence-corrected chi connectivity index (χ1v) is 5.45. The molecule has 1 aromatic carbocycles. The molecule has 0 aromatic heterocycles. The molecule has 1 aliphatic rings. The Kier molecular flexibility index (Phi) is 3.19. The number of hydrogen-bond acceptors (Lipinski definition) is 2. The van der Waals surface area contributed by atoms with Gasteiger partial charge in [-0.2, -0.15) is 0 Å². The van der Waals surface area contributed by atoms with Crippen LogP contribution < -0.4 is 10.2 Å². The lowest BCUT2D eigenvalue weighted by Gasteiger charge is -2.21. The highest BCUT2D eigenvalue weighted by molar-refractivity contribution is 5.96. The van der Waals surface area contributed by atoms with Crippen molar-refractivity contribution in [2.24, 2.45) is 0 Å². The van der Waals surface area contributed by atoms with Gasteiger partial charge in [0, 0.05) is 7.05 Å². The maximum atomic E-state index is 13.5. The number of rotatable bonds is 2. The number of likely N-dealkylation sites (N-methyl/N-ethyl adjacent to an activating group) is 1. The average Bonchev–Trinajstić information content (AvgIpc) is 2.81. The molecule has 1 unspecified atom stereocenters. The molecule has 0 radical (unpaired) electrons. The molecule has 1 aromatic rings. The van der Waals surface area contributed by atoms with E-state index in [2.05, 4.69) is 5.32 Å². The molecule has 3 nitrogen and oxygen atoms in total. The lowest BCUT2D eigenvalue weighted by Crippen LogP contribution is -2.42. The first-order valence-electron chi connectivity index (χ1n) is 5.45. The monoisotopic (exact) mass is 222 g/mol. The standard InChI is InChI=1S/C12H15FN2O/c1-15(11-7-3-2-5-9(11)13)12(16)10-6-4-8-14-10/h2-3,5,7,10,14H,4,6,8H2,1H3. The SMILES string of the molecule is CN(C(=O)C1CCCN1)c1ccccc1F. The van der Waals surface area contributed by atoms with Gasteiger partial charge in [-0.15, -0.1) is 0 Å². The van der Waals surface area contributed by atoms with Gasteiger partial charge in [-0.1, -0.05) is 12.1 Å². The van der Waals surface area contributed by atoms with Gasteiger partial charge < -0.3 is 10.2 Å². The molecule has 1 heterocycles. The molecule has 0 saturated carbocycles. The summed E-state index contributed by atoms with van der Waals surface area (Å²) in [5, 5.41) is 3.11. The highest BCUT2D eigenvalue weighted by Gasteiger charge is 2.26. The third-order valence-electron chi connectivity index (χ3n) is 2.90. The van der Waals surface area contributed by atoms with Crippen molar-refractivity contribution in [1.82, 2.24) is 5.32 Å². The van der Waals surface area contributed by atoms with Gasteiger partial charge in [0.15, 0.2) is 0 Å². The quantitative estimate of drug-likeness (QED) is 0.823. The Hall–Kier alpha value is -1.42. The van der Waals surface area contributed by atoms with Gasteiger partial charge in [0.2, 0.25) is 5.91 Å². The van der Waals surface area contributed by atoms with Crippen molar-refractivity contribution in [1.29, 1.82) is 0 Å². The van der Waals surface area contributed by atoms with Crippen molar-refractivity contribution in [3.8, 4) is 0 Å². The largest absolute Gasteiger partial charge is 0.311 e. The topological polar surface area (TPSA) is 32.3 Å². The third kappa shape index (κ3) is 2.07. The van der Waals surface area contributed by atoms with Crippen LogP contribution in [-0.4, -0.2) is 25.5 Å². The van der Waals surface area contributed by atoms with E-state index in [9.17, 15) is 9.18 Å². The molecule has 16 heavy (non-hydrogen) atoms. The molecule has 1 saturated heterocycles. The summed E-state index contributed by atoms with van der Waals surface area (Å²) in [6.07, 6.45) is 1.83. The molecule has 4 heteroatoms. The zero-order chi connectivity index (χ0) is 11.5. The molecule has 0 bridgehead atoms. The summed E-state index contributed by atoms with van der Waals surface area (Å²) < 4.78 is 13.5. The van der Waals surface area contributed by atoms with Crippen LogP contribution in [0.5, 0.6) is 0 Å². The van der Waals surface area contributed by atoms with E-state index < -0.39 is 0 Å². The van der Waals surface area contributed by atoms with E-state index in [1.807, 2.05) is 0 Å². The van der Waals surface area contributed by atoms with Gasteiger partial charge >= 0.3 is 0 Å². The van der Waals surface area contributed by atoms with Crippen LogP contribution in [0.25, 0.3) is 0 Å². The second-order valence-corrected chi connectivity index (χ2v) is 4.00. The lowest BCUT2D eigenvalue weighted by molar-refractivity contribution is -0.120. The number of carbonyl (C=O) groups is 1. The number of nitrogens with one attached hydrogen (secondary N) is 1. The first-order chi connectivity index (χ1) is 7.70. The number of nitrogens with zero attached hydrogens (tertiary/aromatic N) is 1. The zero-order valence-corrected chi connectivity index (χ0v) is 9.24. The minimum Gasteiger partial charge on any atom is -0.311 e. The van der Waals surface area contributed by atoms with Crippen LogP contribution in [0.3, 0.4) is 0 Å². The van der Waals surface area contributed by atoms with Crippen molar-refractivity contribution in [3.63, 3.8) is 0 Å². The highest BCUT2D eigenvalue weighted by atomic mass is 19.1. The van der Waals surface area contributed by atoms with E-state index >= 15 is 0 Å². The molecular weight excluding hydrogens is 207 g/mol. The summed E-state index contributed by atoms with van der Waals surface area (Å²) >= 11 is 0. The Bertz CT molecular complexity index is 388. The highest BCUT2D eigenvalue weighted by Crippen LogP contribution is 2.19. The number of carbonyl (C=O) groups excluding carboxylic acids is 1. The van der Waals surface area contributed by atoms with Gasteiger partial charge in [-0.05, 0) is 31.5 Å². The predicted octanol–water partition coefficient (Wildman–Crippen LogP) is 1.54. The van der Waals surface area contributed by atoms with Gasteiger partial charge in [-0.3, -0.25) is 4.79 Å². The van der Waals surface area contributed by atoms with Crippen molar-refractivity contribution in [2.45, 2.75) is 18.9 Å². The average molecular weight is 222 g/mol. The Morgan fingerprint density at radius 2 is 2.25 bits per heavy atom. The zero-order valence-electron chi connectivity index (χ0n) is 9.24.